The minimum absolute atomic E-state index is 0.0169. The molecule has 2 aromatic rings. The zero-order chi connectivity index (χ0) is 15.0. The summed E-state index contributed by atoms with van der Waals surface area (Å²) in [6.45, 7) is 4.73. The summed E-state index contributed by atoms with van der Waals surface area (Å²) in [4.78, 5) is 7.00. The highest BCUT2D eigenvalue weighted by molar-refractivity contribution is 5.56. The summed E-state index contributed by atoms with van der Waals surface area (Å²) >= 11 is 0. The predicted octanol–water partition coefficient (Wildman–Crippen LogP) is 3.23. The molecule has 2 heterocycles. The van der Waals surface area contributed by atoms with Gasteiger partial charge in [0.25, 0.3) is 0 Å². The first-order valence-electron chi connectivity index (χ1n) is 7.81. The molecule has 1 N–H and O–H groups in total. The lowest BCUT2D eigenvalue weighted by molar-refractivity contribution is 0.221. The Labute approximate surface area is 126 Å². The molecule has 3 rings (SSSR count). The van der Waals surface area contributed by atoms with Crippen LogP contribution in [0, 0.1) is 5.41 Å². The van der Waals surface area contributed by atoms with Crippen molar-refractivity contribution < 1.29 is 5.11 Å². The summed E-state index contributed by atoms with van der Waals surface area (Å²) in [6.07, 6.45) is 6.87. The van der Waals surface area contributed by atoms with Crippen molar-refractivity contribution in [3.05, 3.63) is 30.1 Å². The zero-order valence-corrected chi connectivity index (χ0v) is 13.2. The van der Waals surface area contributed by atoms with Gasteiger partial charge in [-0.15, -0.1) is 0 Å². The van der Waals surface area contributed by atoms with E-state index in [9.17, 15) is 5.11 Å². The molecule has 0 unspecified atom stereocenters. The minimum Gasteiger partial charge on any atom is -0.390 e. The predicted molar refractivity (Wildman–Crippen MR) is 85.6 cm³/mol. The molecule has 0 amide bonds. The van der Waals surface area contributed by atoms with Crippen molar-refractivity contribution in [1.82, 2.24) is 9.38 Å². The fourth-order valence-corrected chi connectivity index (χ4v) is 3.41. The van der Waals surface area contributed by atoms with Crippen molar-refractivity contribution in [2.45, 2.75) is 52.2 Å². The van der Waals surface area contributed by atoms with Gasteiger partial charge in [-0.05, 0) is 43.2 Å². The normalized spacial score (nSPS) is 19.0. The largest absolute Gasteiger partial charge is 0.390 e. The van der Waals surface area contributed by atoms with Gasteiger partial charge in [0, 0.05) is 19.3 Å². The molecule has 4 nitrogen and oxygen atoms in total. The van der Waals surface area contributed by atoms with E-state index in [1.54, 1.807) is 0 Å². The van der Waals surface area contributed by atoms with E-state index in [0.29, 0.717) is 11.5 Å². The first kappa shape index (κ1) is 14.4. The molecule has 0 saturated heterocycles. The average molecular weight is 287 g/mol. The molecule has 1 aliphatic carbocycles. The fourth-order valence-electron chi connectivity index (χ4n) is 3.41. The number of hydrogen-bond donors (Lipinski definition) is 1. The van der Waals surface area contributed by atoms with E-state index in [0.717, 1.165) is 17.2 Å². The molecule has 1 aliphatic rings. The van der Waals surface area contributed by atoms with Crippen molar-refractivity contribution in [1.29, 1.82) is 0 Å². The summed E-state index contributed by atoms with van der Waals surface area (Å²) in [7, 11) is 2.12. The van der Waals surface area contributed by atoms with E-state index in [1.165, 1.54) is 25.7 Å². The maximum absolute atomic E-state index is 9.75. The molecule has 1 saturated carbocycles. The number of fused-ring (bicyclic) bond motifs is 1. The quantitative estimate of drug-likeness (QED) is 0.942. The summed E-state index contributed by atoms with van der Waals surface area (Å²) in [6, 6.07) is 6.46. The third-order valence-corrected chi connectivity index (χ3v) is 4.95. The van der Waals surface area contributed by atoms with E-state index in [2.05, 4.69) is 25.8 Å². The molecule has 0 spiro atoms. The Morgan fingerprint density at radius 1 is 1.33 bits per heavy atom. The van der Waals surface area contributed by atoms with Gasteiger partial charge in [0.2, 0.25) is 0 Å². The van der Waals surface area contributed by atoms with Crippen LogP contribution < -0.4 is 4.90 Å². The Bertz CT molecular complexity index is 622. The fraction of sp³-hybridized carbons (Fsp3) is 0.588. The number of aliphatic hydroxyl groups excluding tert-OH is 1. The summed E-state index contributed by atoms with van der Waals surface area (Å²) < 4.78 is 1.98. The molecule has 0 aromatic carbocycles. The summed E-state index contributed by atoms with van der Waals surface area (Å²) in [5.74, 6) is 0.924. The smallest absolute Gasteiger partial charge is 0.153 e. The molecular formula is C17H25N3O. The Morgan fingerprint density at radius 3 is 2.71 bits per heavy atom. The van der Waals surface area contributed by atoms with Gasteiger partial charge < -0.3 is 10.0 Å². The highest BCUT2D eigenvalue weighted by Gasteiger charge is 2.30. The molecule has 2 aromatic heterocycles. The second kappa shape index (κ2) is 5.34. The number of anilines is 1. The van der Waals surface area contributed by atoms with E-state index >= 15 is 0 Å². The van der Waals surface area contributed by atoms with Crippen LogP contribution in [0.4, 0.5) is 5.82 Å². The molecule has 0 atom stereocenters. The van der Waals surface area contributed by atoms with E-state index < -0.39 is 0 Å². The molecule has 114 valence electrons. The zero-order valence-electron chi connectivity index (χ0n) is 13.2. The Hall–Kier alpha value is -1.55. The summed E-state index contributed by atoms with van der Waals surface area (Å²) in [5, 5.41) is 9.75. The molecule has 0 bridgehead atoms. The van der Waals surface area contributed by atoms with Crippen LogP contribution in [0.25, 0.3) is 5.65 Å². The van der Waals surface area contributed by atoms with Crippen LogP contribution in [0.2, 0.25) is 0 Å². The van der Waals surface area contributed by atoms with Crippen LogP contribution in [0.1, 0.15) is 45.2 Å². The molecule has 4 heteroatoms. The molecule has 21 heavy (non-hydrogen) atoms. The first-order chi connectivity index (χ1) is 10.0. The first-order valence-corrected chi connectivity index (χ1v) is 7.81. The van der Waals surface area contributed by atoms with Gasteiger partial charge in [0.05, 0.1) is 12.3 Å². The van der Waals surface area contributed by atoms with Crippen molar-refractivity contribution in [2.75, 3.05) is 11.9 Å². The molecule has 1 fully saturated rings. The Balaban J connectivity index is 1.89. The van der Waals surface area contributed by atoms with Crippen LogP contribution in [-0.4, -0.2) is 27.6 Å². The number of nitrogens with zero attached hydrogens (tertiary/aromatic N) is 3. The van der Waals surface area contributed by atoms with Gasteiger partial charge >= 0.3 is 0 Å². The highest BCUT2D eigenvalue weighted by Crippen LogP contribution is 2.38. The average Bonchev–Trinajstić information content (AvgIpc) is 2.85. The van der Waals surface area contributed by atoms with Crippen molar-refractivity contribution >= 4 is 11.5 Å². The second-order valence-electron chi connectivity index (χ2n) is 6.98. The number of hydrogen-bond acceptors (Lipinski definition) is 3. The highest BCUT2D eigenvalue weighted by atomic mass is 16.3. The summed E-state index contributed by atoms with van der Waals surface area (Å²) in [5.41, 5.74) is 2.26. The number of aromatic nitrogens is 2. The van der Waals surface area contributed by atoms with E-state index in [1.807, 2.05) is 28.8 Å². The van der Waals surface area contributed by atoms with Gasteiger partial charge in [-0.3, -0.25) is 4.40 Å². The third-order valence-electron chi connectivity index (χ3n) is 4.95. The number of aliphatic hydroxyl groups is 1. The second-order valence-corrected chi connectivity index (χ2v) is 6.98. The topological polar surface area (TPSA) is 40.8 Å². The molecule has 0 radical (unpaired) electrons. The Kier molecular flexibility index (Phi) is 3.66. The maximum atomic E-state index is 9.75. The lowest BCUT2D eigenvalue weighted by Crippen LogP contribution is -2.37. The molecular weight excluding hydrogens is 262 g/mol. The van der Waals surface area contributed by atoms with Gasteiger partial charge in [0.15, 0.2) is 5.82 Å². The monoisotopic (exact) mass is 287 g/mol. The number of pyridine rings is 1. The van der Waals surface area contributed by atoms with Crippen molar-refractivity contribution in [2.24, 2.45) is 5.41 Å². The maximum Gasteiger partial charge on any atom is 0.153 e. The SMILES string of the molecule is CN(c1nc2ccccn2c1CO)C1CCC(C)(C)CC1. The number of rotatable bonds is 3. The van der Waals surface area contributed by atoms with Crippen LogP contribution in [0.3, 0.4) is 0 Å². The van der Waals surface area contributed by atoms with Crippen molar-refractivity contribution in [3.8, 4) is 0 Å². The third kappa shape index (κ3) is 2.64. The Morgan fingerprint density at radius 2 is 2.05 bits per heavy atom. The number of imidazole rings is 1. The van der Waals surface area contributed by atoms with Gasteiger partial charge in [0.1, 0.15) is 5.65 Å². The van der Waals surface area contributed by atoms with Crippen LogP contribution in [0.15, 0.2) is 24.4 Å². The van der Waals surface area contributed by atoms with Crippen LogP contribution >= 0.6 is 0 Å². The van der Waals surface area contributed by atoms with Crippen LogP contribution in [0.5, 0.6) is 0 Å². The van der Waals surface area contributed by atoms with Crippen molar-refractivity contribution in [3.63, 3.8) is 0 Å². The lowest BCUT2D eigenvalue weighted by Gasteiger charge is -2.39. The van der Waals surface area contributed by atoms with Gasteiger partial charge in [-0.25, -0.2) is 4.98 Å². The lowest BCUT2D eigenvalue weighted by atomic mass is 9.75. The van der Waals surface area contributed by atoms with Gasteiger partial charge in [-0.1, -0.05) is 19.9 Å². The van der Waals surface area contributed by atoms with E-state index in [4.69, 9.17) is 4.98 Å². The van der Waals surface area contributed by atoms with E-state index in [-0.39, 0.29) is 6.61 Å². The van der Waals surface area contributed by atoms with Crippen LogP contribution in [-0.2, 0) is 6.61 Å². The minimum atomic E-state index is 0.0169. The molecule has 0 aliphatic heterocycles. The van der Waals surface area contributed by atoms with Gasteiger partial charge in [-0.2, -0.15) is 0 Å². The standard InChI is InChI=1S/C17H25N3O/c1-17(2)9-7-13(8-10-17)19(3)16-14(12-21)20-11-5-4-6-15(20)18-16/h4-6,11,13,21H,7-10,12H2,1-3H3.